The molecule has 0 amide bonds. The number of fused-ring (bicyclic) bond motifs is 6. The molecule has 2 unspecified atom stereocenters. The van der Waals surface area contributed by atoms with Crippen molar-refractivity contribution in [1.82, 2.24) is 5.48 Å². The average molecular weight is 431 g/mol. The summed E-state index contributed by atoms with van der Waals surface area (Å²) in [4.78, 5) is 29.4. The van der Waals surface area contributed by atoms with Gasteiger partial charge in [0.2, 0.25) is 0 Å². The summed E-state index contributed by atoms with van der Waals surface area (Å²) >= 11 is 0. The SMILES string of the molecule is O=C1CC(Cc2cc(O)cc3c2C2(OC(=O)c4ccccc42)c2ccc(O)cc2O3)NO1. The number of esters is 1. The third-order valence-electron chi connectivity index (χ3n) is 6.08. The lowest BCUT2D eigenvalue weighted by Gasteiger charge is -2.38. The first-order chi connectivity index (χ1) is 15.5. The van der Waals surface area contributed by atoms with Crippen LogP contribution in [0.3, 0.4) is 0 Å². The fraction of sp³-hybridized carbons (Fsp3) is 0.167. The maximum absolute atomic E-state index is 13.0. The zero-order chi connectivity index (χ0) is 22.0. The van der Waals surface area contributed by atoms with E-state index in [9.17, 15) is 19.8 Å². The zero-order valence-electron chi connectivity index (χ0n) is 16.6. The van der Waals surface area contributed by atoms with Crippen LogP contribution >= 0.6 is 0 Å². The van der Waals surface area contributed by atoms with Crippen molar-refractivity contribution < 1.29 is 34.1 Å². The Morgan fingerprint density at radius 1 is 0.969 bits per heavy atom. The van der Waals surface area contributed by atoms with Gasteiger partial charge < -0.3 is 24.5 Å². The summed E-state index contributed by atoms with van der Waals surface area (Å²) in [6, 6.07) is 14.4. The van der Waals surface area contributed by atoms with E-state index >= 15 is 0 Å². The number of phenolic OH excluding ortho intramolecular Hbond substituents is 2. The van der Waals surface area contributed by atoms with E-state index in [1.807, 2.05) is 12.1 Å². The van der Waals surface area contributed by atoms with E-state index in [1.54, 1.807) is 24.3 Å². The van der Waals surface area contributed by atoms with Crippen molar-refractivity contribution >= 4 is 11.9 Å². The predicted molar refractivity (Wildman–Crippen MR) is 109 cm³/mol. The second-order valence-electron chi connectivity index (χ2n) is 8.07. The molecule has 1 fully saturated rings. The molecule has 160 valence electrons. The quantitative estimate of drug-likeness (QED) is 0.531. The number of carbonyl (C=O) groups is 2. The van der Waals surface area contributed by atoms with Gasteiger partial charge in [0.05, 0.1) is 23.6 Å². The minimum atomic E-state index is -1.34. The van der Waals surface area contributed by atoms with Gasteiger partial charge in [0.15, 0.2) is 5.60 Å². The first kappa shape index (κ1) is 18.7. The lowest BCUT2D eigenvalue weighted by Crippen LogP contribution is -2.35. The maximum Gasteiger partial charge on any atom is 0.340 e. The molecule has 32 heavy (non-hydrogen) atoms. The number of nitrogens with one attached hydrogen (secondary N) is 1. The Hall–Kier alpha value is -4.04. The summed E-state index contributed by atoms with van der Waals surface area (Å²) in [7, 11) is 0. The second kappa shape index (κ2) is 6.48. The van der Waals surface area contributed by atoms with Crippen molar-refractivity contribution in [1.29, 1.82) is 0 Å². The summed E-state index contributed by atoms with van der Waals surface area (Å²) in [5, 5.41) is 20.5. The number of hydrogen-bond donors (Lipinski definition) is 3. The molecule has 3 heterocycles. The molecule has 3 aliphatic rings. The number of rotatable bonds is 2. The van der Waals surface area contributed by atoms with Gasteiger partial charge in [-0.2, -0.15) is 0 Å². The van der Waals surface area contributed by atoms with Crippen molar-refractivity contribution in [3.63, 3.8) is 0 Å². The minimum Gasteiger partial charge on any atom is -0.508 e. The Labute approximate surface area is 181 Å². The molecule has 0 saturated carbocycles. The molecule has 1 saturated heterocycles. The number of aromatic hydroxyl groups is 2. The van der Waals surface area contributed by atoms with E-state index in [1.165, 1.54) is 18.2 Å². The highest BCUT2D eigenvalue weighted by Crippen LogP contribution is 2.58. The van der Waals surface area contributed by atoms with E-state index in [0.717, 1.165) is 0 Å². The number of hydroxylamine groups is 1. The van der Waals surface area contributed by atoms with Crippen molar-refractivity contribution in [3.05, 3.63) is 82.4 Å². The Morgan fingerprint density at radius 2 is 1.78 bits per heavy atom. The van der Waals surface area contributed by atoms with Gasteiger partial charge in [-0.1, -0.05) is 18.2 Å². The summed E-state index contributed by atoms with van der Waals surface area (Å²) in [5.41, 5.74) is 4.19. The molecule has 3 aromatic rings. The van der Waals surface area contributed by atoms with E-state index < -0.39 is 11.6 Å². The molecule has 0 radical (unpaired) electrons. The van der Waals surface area contributed by atoms with Gasteiger partial charge in [-0.25, -0.2) is 4.79 Å². The molecular weight excluding hydrogens is 414 g/mol. The van der Waals surface area contributed by atoms with Crippen LogP contribution in [0.2, 0.25) is 0 Å². The first-order valence-corrected chi connectivity index (χ1v) is 10.1. The standard InChI is InChI=1S/C24H17NO7/c26-14-5-6-18-19(10-14)30-20-11-15(27)8-12(7-13-9-21(28)32-25-13)22(20)24(18)17-4-2-1-3-16(17)23(29)31-24/h1-6,8,10-11,13,25-27H,7,9H2. The summed E-state index contributed by atoms with van der Waals surface area (Å²) in [6.45, 7) is 0. The zero-order valence-corrected chi connectivity index (χ0v) is 16.6. The number of carbonyl (C=O) groups excluding carboxylic acids is 2. The highest BCUT2D eigenvalue weighted by Gasteiger charge is 2.54. The lowest BCUT2D eigenvalue weighted by molar-refractivity contribution is -0.143. The molecule has 1 spiro atoms. The Bertz CT molecular complexity index is 1320. The largest absolute Gasteiger partial charge is 0.508 e. The van der Waals surface area contributed by atoms with Gasteiger partial charge in [-0.05, 0) is 36.2 Å². The van der Waals surface area contributed by atoms with Gasteiger partial charge in [0, 0.05) is 23.3 Å². The molecule has 3 aromatic carbocycles. The van der Waals surface area contributed by atoms with Crippen LogP contribution < -0.4 is 10.2 Å². The van der Waals surface area contributed by atoms with Crippen molar-refractivity contribution in [2.45, 2.75) is 24.5 Å². The Morgan fingerprint density at radius 3 is 2.59 bits per heavy atom. The van der Waals surface area contributed by atoms with Crippen molar-refractivity contribution in [2.24, 2.45) is 0 Å². The van der Waals surface area contributed by atoms with E-state index in [0.29, 0.717) is 45.7 Å². The van der Waals surface area contributed by atoms with E-state index in [4.69, 9.17) is 14.3 Å². The van der Waals surface area contributed by atoms with Crippen LogP contribution in [0.15, 0.2) is 54.6 Å². The predicted octanol–water partition coefficient (Wildman–Crippen LogP) is 3.03. The van der Waals surface area contributed by atoms with Gasteiger partial charge in [-0.15, -0.1) is 5.48 Å². The van der Waals surface area contributed by atoms with Crippen LogP contribution in [0.5, 0.6) is 23.0 Å². The highest BCUT2D eigenvalue weighted by molar-refractivity contribution is 5.97. The van der Waals surface area contributed by atoms with Crippen LogP contribution in [0.25, 0.3) is 0 Å². The smallest absolute Gasteiger partial charge is 0.340 e. The number of benzene rings is 3. The van der Waals surface area contributed by atoms with E-state index in [2.05, 4.69) is 5.48 Å². The molecule has 3 N–H and O–H groups in total. The molecule has 3 aliphatic heterocycles. The van der Waals surface area contributed by atoms with Gasteiger partial charge in [-0.3, -0.25) is 4.79 Å². The maximum atomic E-state index is 13.0. The van der Waals surface area contributed by atoms with Crippen LogP contribution in [0.4, 0.5) is 0 Å². The Kier molecular flexibility index (Phi) is 3.79. The van der Waals surface area contributed by atoms with Crippen LogP contribution in [-0.4, -0.2) is 28.2 Å². The minimum absolute atomic E-state index is 0.00819. The average Bonchev–Trinajstić information content (AvgIpc) is 3.29. The van der Waals surface area contributed by atoms with E-state index in [-0.39, 0.29) is 29.9 Å². The Balaban J connectivity index is 1.64. The summed E-state index contributed by atoms with van der Waals surface area (Å²) < 4.78 is 12.2. The normalized spacial score (nSPS) is 22.6. The van der Waals surface area contributed by atoms with Crippen LogP contribution in [0, 0.1) is 0 Å². The van der Waals surface area contributed by atoms with Crippen molar-refractivity contribution in [3.8, 4) is 23.0 Å². The van der Waals surface area contributed by atoms with Gasteiger partial charge in [0.1, 0.15) is 23.0 Å². The fourth-order valence-corrected chi connectivity index (χ4v) is 4.85. The topological polar surface area (TPSA) is 114 Å². The van der Waals surface area contributed by atoms with Crippen LogP contribution in [-0.2, 0) is 26.4 Å². The summed E-state index contributed by atoms with van der Waals surface area (Å²) in [6.07, 6.45) is 0.486. The monoisotopic (exact) mass is 431 g/mol. The van der Waals surface area contributed by atoms with Gasteiger partial charge >= 0.3 is 11.9 Å². The third-order valence-corrected chi connectivity index (χ3v) is 6.08. The first-order valence-electron chi connectivity index (χ1n) is 10.1. The lowest BCUT2D eigenvalue weighted by atomic mass is 9.75. The van der Waals surface area contributed by atoms with Crippen LogP contribution in [0.1, 0.15) is 39.0 Å². The number of phenols is 2. The van der Waals surface area contributed by atoms with Gasteiger partial charge in [0.25, 0.3) is 0 Å². The molecule has 0 aromatic heterocycles. The summed E-state index contributed by atoms with van der Waals surface area (Å²) in [5.74, 6) is -0.284. The van der Waals surface area contributed by atoms with Crippen molar-refractivity contribution in [2.75, 3.05) is 0 Å². The molecule has 2 atom stereocenters. The molecule has 8 nitrogen and oxygen atoms in total. The number of ether oxygens (including phenoxy) is 2. The highest BCUT2D eigenvalue weighted by atomic mass is 16.7. The molecular formula is C24H17NO7. The molecule has 0 bridgehead atoms. The second-order valence-corrected chi connectivity index (χ2v) is 8.07. The third kappa shape index (κ3) is 2.53. The molecule has 6 rings (SSSR count). The molecule has 8 heteroatoms. The molecule has 0 aliphatic carbocycles. The fourth-order valence-electron chi connectivity index (χ4n) is 4.85. The number of hydrogen-bond acceptors (Lipinski definition) is 8.